The van der Waals surface area contributed by atoms with Gasteiger partial charge < -0.3 is 10.2 Å². The number of fused-ring (bicyclic) bond motifs is 1. The number of halogens is 5. The van der Waals surface area contributed by atoms with Crippen LogP contribution in [0.3, 0.4) is 0 Å². The number of hydrogen-bond donors (Lipinski definition) is 2. The number of aromatic nitrogens is 2. The topological polar surface area (TPSA) is 128 Å². The minimum absolute atomic E-state index is 0.0230. The van der Waals surface area contributed by atoms with Gasteiger partial charge in [0.1, 0.15) is 22.9 Å². The van der Waals surface area contributed by atoms with Gasteiger partial charge in [-0.2, -0.15) is 13.2 Å². The number of thioether (sulfide) groups is 1. The fourth-order valence-corrected chi connectivity index (χ4v) is 11.2. The van der Waals surface area contributed by atoms with Gasteiger partial charge >= 0.3 is 5.51 Å². The van der Waals surface area contributed by atoms with Crippen molar-refractivity contribution in [1.82, 2.24) is 24.7 Å². The fraction of sp³-hybridized carbons (Fsp3) is 0.364. The van der Waals surface area contributed by atoms with E-state index in [2.05, 4.69) is 48.0 Å². The highest BCUT2D eigenvalue weighted by molar-refractivity contribution is 7.99. The molecule has 1 fully saturated rings. The average Bonchev–Trinajstić information content (AvgIpc) is 3.25. The normalized spacial score (nSPS) is 16.2. The van der Waals surface area contributed by atoms with E-state index in [0.717, 1.165) is 61.9 Å². The molecule has 1 saturated heterocycles. The molecule has 0 bridgehead atoms. The largest absolute Gasteiger partial charge is 0.501 e. The highest BCUT2D eigenvalue weighted by Crippen LogP contribution is 2.38. The number of piperidine rings is 1. The number of sulfonamides is 1. The molecule has 19 heteroatoms. The molecule has 0 saturated carbocycles. The predicted molar refractivity (Wildman–Crippen MR) is 240 cm³/mol. The Bertz CT molecular complexity index is 2620. The van der Waals surface area contributed by atoms with E-state index in [1.54, 1.807) is 26.2 Å². The summed E-state index contributed by atoms with van der Waals surface area (Å²) in [7, 11) is -7.11. The van der Waals surface area contributed by atoms with Crippen molar-refractivity contribution in [2.75, 3.05) is 56.1 Å². The van der Waals surface area contributed by atoms with E-state index in [4.69, 9.17) is 11.6 Å². The summed E-state index contributed by atoms with van der Waals surface area (Å²) < 4.78 is 113. The lowest BCUT2D eigenvalue weighted by Crippen LogP contribution is -2.46. The summed E-state index contributed by atoms with van der Waals surface area (Å²) in [6.07, 6.45) is 3.85. The van der Waals surface area contributed by atoms with Crippen LogP contribution in [0.25, 0.3) is 11.1 Å². The molecule has 0 aliphatic carbocycles. The summed E-state index contributed by atoms with van der Waals surface area (Å²) in [5.41, 5.74) is -1.46. The number of hydrogen-bond acceptors (Lipinski definition) is 11. The zero-order chi connectivity index (χ0) is 44.9. The monoisotopic (exact) mass is 945 g/mol. The van der Waals surface area contributed by atoms with E-state index >= 15 is 0 Å². The van der Waals surface area contributed by atoms with Crippen molar-refractivity contribution in [1.29, 1.82) is 0 Å². The summed E-state index contributed by atoms with van der Waals surface area (Å²) in [5.74, 6) is -0.331. The van der Waals surface area contributed by atoms with Crippen LogP contribution in [0.15, 0.2) is 112 Å². The van der Waals surface area contributed by atoms with Gasteiger partial charge in [0.15, 0.2) is 0 Å². The minimum atomic E-state index is -6.05. The van der Waals surface area contributed by atoms with E-state index in [1.807, 2.05) is 35.2 Å². The van der Waals surface area contributed by atoms with Gasteiger partial charge in [-0.15, -0.1) is 11.8 Å². The van der Waals surface area contributed by atoms with Crippen LogP contribution < -0.4 is 10.0 Å². The van der Waals surface area contributed by atoms with Gasteiger partial charge in [-0.05, 0) is 119 Å². The maximum atomic E-state index is 14.4. The number of alkyl halides is 3. The molecule has 1 atom stereocenters. The van der Waals surface area contributed by atoms with Crippen molar-refractivity contribution in [3.8, 4) is 11.1 Å². The van der Waals surface area contributed by atoms with Crippen molar-refractivity contribution >= 4 is 54.7 Å². The van der Waals surface area contributed by atoms with Crippen LogP contribution in [0.2, 0.25) is 5.02 Å². The van der Waals surface area contributed by atoms with Crippen molar-refractivity contribution in [3.63, 3.8) is 0 Å². The molecule has 63 heavy (non-hydrogen) atoms. The van der Waals surface area contributed by atoms with Crippen LogP contribution in [-0.2, 0) is 39.4 Å². The second-order valence-electron chi connectivity index (χ2n) is 15.9. The molecule has 2 aliphatic heterocycles. The third-order valence-electron chi connectivity index (χ3n) is 11.3. The highest BCUT2D eigenvalue weighted by atomic mass is 35.5. The molecule has 1 aromatic heterocycles. The van der Waals surface area contributed by atoms with E-state index in [0.29, 0.717) is 59.7 Å². The Balaban J connectivity index is 1.04. The van der Waals surface area contributed by atoms with Gasteiger partial charge in [0.2, 0.25) is 0 Å². The molecule has 3 heterocycles. The number of nitrogens with one attached hydrogen (secondary N) is 2. The first-order valence-electron chi connectivity index (χ1n) is 20.4. The molecule has 7 rings (SSSR count). The quantitative estimate of drug-likeness (QED) is 0.0730. The Morgan fingerprint density at radius 1 is 0.921 bits per heavy atom. The lowest BCUT2D eigenvalue weighted by atomic mass is 9.96. The molecule has 11 nitrogen and oxygen atoms in total. The van der Waals surface area contributed by atoms with E-state index < -0.39 is 52.7 Å². The average molecular weight is 947 g/mol. The Hall–Kier alpha value is -4.30. The zero-order valence-electron chi connectivity index (χ0n) is 34.7. The Labute approximate surface area is 375 Å². The van der Waals surface area contributed by atoms with Crippen LogP contribution in [0.5, 0.6) is 0 Å². The first kappa shape index (κ1) is 46.7. The molecule has 0 unspecified atom stereocenters. The third kappa shape index (κ3) is 11.3. The molecular formula is C44H48ClF4N7O4S3. The van der Waals surface area contributed by atoms with E-state index in [9.17, 15) is 34.4 Å². The summed E-state index contributed by atoms with van der Waals surface area (Å²) >= 11 is 7.25. The Morgan fingerprint density at radius 2 is 1.63 bits per heavy atom. The lowest BCUT2D eigenvalue weighted by Gasteiger charge is -2.40. The van der Waals surface area contributed by atoms with Crippen molar-refractivity contribution in [3.05, 3.63) is 125 Å². The van der Waals surface area contributed by atoms with Crippen LogP contribution in [-0.4, -0.2) is 105 Å². The number of likely N-dealkylation sites (tertiary alicyclic amines) is 1. The fourth-order valence-electron chi connectivity index (χ4n) is 7.93. The number of benzene rings is 4. The molecule has 336 valence electrons. The maximum Gasteiger partial charge on any atom is 0.501 e. The second kappa shape index (κ2) is 19.8. The second-order valence-corrected chi connectivity index (χ2v) is 21.0. The van der Waals surface area contributed by atoms with Gasteiger partial charge in [-0.1, -0.05) is 60.1 Å². The molecule has 0 spiro atoms. The first-order valence-corrected chi connectivity index (χ1v) is 24.7. The zero-order valence-corrected chi connectivity index (χ0v) is 37.9. The third-order valence-corrected chi connectivity index (χ3v) is 15.7. The molecule has 0 radical (unpaired) electrons. The van der Waals surface area contributed by atoms with E-state index in [1.165, 1.54) is 29.6 Å². The molecule has 5 aromatic rings. The number of rotatable bonds is 16. The molecule has 2 aliphatic rings. The standard InChI is InChI=1S/C44H48ClF4N7O4S3/c1-54(2)21-17-33(28-61-41-10-6-5-9-38(41)46)52-39-16-15-35(25-42(39)62(57,58)44(47,48)49)63(59,60)53-43-37-20-24-56(27-40(37)50-29-51-43)34-18-22-55(23-19-34)26-31-7-3-4-8-36(31)30-11-13-32(45)14-12-30/h3-16,25,29,33-34,52H,17-24,26-28H2,1-2H3,(H,50,51,53)/t33-/m1/s1. The van der Waals surface area contributed by atoms with Gasteiger partial charge in [0.25, 0.3) is 19.9 Å². The molecule has 2 N–H and O–H groups in total. The molecule has 0 amide bonds. The van der Waals surface area contributed by atoms with Crippen LogP contribution in [0.1, 0.15) is 36.1 Å². The van der Waals surface area contributed by atoms with Crippen molar-refractivity contribution in [2.45, 2.75) is 71.1 Å². The van der Waals surface area contributed by atoms with E-state index in [-0.39, 0.29) is 17.6 Å². The number of nitrogens with zero attached hydrogens (tertiary/aromatic N) is 5. The van der Waals surface area contributed by atoms with Crippen LogP contribution >= 0.6 is 23.4 Å². The van der Waals surface area contributed by atoms with Gasteiger partial charge in [0, 0.05) is 53.0 Å². The number of anilines is 2. The minimum Gasteiger partial charge on any atom is -0.380 e. The highest BCUT2D eigenvalue weighted by Gasteiger charge is 2.48. The smallest absolute Gasteiger partial charge is 0.380 e. The molecule has 4 aromatic carbocycles. The van der Waals surface area contributed by atoms with Gasteiger partial charge in [-0.3, -0.25) is 14.5 Å². The number of sulfone groups is 1. The first-order chi connectivity index (χ1) is 30.0. The summed E-state index contributed by atoms with van der Waals surface area (Å²) in [4.78, 5) is 13.7. The van der Waals surface area contributed by atoms with Crippen LogP contribution in [0, 0.1) is 5.82 Å². The Kier molecular flexibility index (Phi) is 14.7. The summed E-state index contributed by atoms with van der Waals surface area (Å²) in [6, 6.07) is 24.5. The van der Waals surface area contributed by atoms with Crippen molar-refractivity contribution in [2.24, 2.45) is 0 Å². The van der Waals surface area contributed by atoms with Gasteiger partial charge in [-0.25, -0.2) is 31.2 Å². The summed E-state index contributed by atoms with van der Waals surface area (Å²) in [6.45, 7) is 4.12. The summed E-state index contributed by atoms with van der Waals surface area (Å²) in [5, 5.41) is 3.59. The maximum absolute atomic E-state index is 14.4. The van der Waals surface area contributed by atoms with Gasteiger partial charge in [0.05, 0.1) is 16.3 Å². The Morgan fingerprint density at radius 3 is 2.35 bits per heavy atom. The molecular weight excluding hydrogens is 898 g/mol. The lowest BCUT2D eigenvalue weighted by molar-refractivity contribution is -0.0435. The van der Waals surface area contributed by atoms with Crippen LogP contribution in [0.4, 0.5) is 29.1 Å². The predicted octanol–water partition coefficient (Wildman–Crippen LogP) is 8.58. The van der Waals surface area contributed by atoms with Crippen molar-refractivity contribution < 1.29 is 34.4 Å². The SMILES string of the molecule is CN(C)CC[C@H](CSc1ccccc1F)Nc1ccc(S(=O)(=O)Nc2ncnc3c2CCN(C2CCN(Cc4ccccc4-c4ccc(Cl)cc4)CC2)C3)cc1S(=O)(=O)C(F)(F)F.